The van der Waals surface area contributed by atoms with Gasteiger partial charge in [0.2, 0.25) is 0 Å². The number of aromatic nitrogens is 1. The molecule has 0 N–H and O–H groups in total. The number of carbonyl (C=O) groups excluding carboxylic acids is 1. The minimum atomic E-state index is -0.311. The molecular weight excluding hydrogens is 288 g/mol. The predicted molar refractivity (Wildman–Crippen MR) is 94.0 cm³/mol. The largest absolute Gasteiger partial charge is 0.448 e. The number of carbonyl (C=O) groups is 1. The van der Waals surface area contributed by atoms with Crippen LogP contribution < -0.4 is 0 Å². The maximum Gasteiger partial charge on any atom is 0.419 e. The molecule has 120 valence electrons. The summed E-state index contributed by atoms with van der Waals surface area (Å²) >= 11 is 0. The Bertz CT molecular complexity index is 765. The Balaban J connectivity index is 1.90. The summed E-state index contributed by atoms with van der Waals surface area (Å²) in [4.78, 5) is 14.8. The average molecular weight is 310 g/mol. The van der Waals surface area contributed by atoms with Crippen molar-refractivity contribution in [3.8, 4) is 0 Å². The van der Waals surface area contributed by atoms with Crippen LogP contribution in [0.3, 0.4) is 0 Å². The van der Waals surface area contributed by atoms with Gasteiger partial charge < -0.3 is 9.64 Å². The van der Waals surface area contributed by atoms with Crippen LogP contribution in [0, 0.1) is 0 Å². The van der Waals surface area contributed by atoms with E-state index in [-0.39, 0.29) is 6.09 Å². The van der Waals surface area contributed by atoms with Crippen LogP contribution in [-0.2, 0) is 4.74 Å². The van der Waals surface area contributed by atoms with Crippen LogP contribution in [0.2, 0.25) is 0 Å². The number of para-hydroxylation sites is 2. The molecule has 0 spiro atoms. The molecule has 3 aromatic rings. The number of rotatable bonds is 5. The maximum atomic E-state index is 12.6. The standard InChI is InChI=1S/C19H22N2O2/c1-3-20(4-2)13-14-23-19(22)21-17-11-7-5-9-15(17)16-10-6-8-12-18(16)21/h5-12H,3-4,13-14H2,1-2H3. The van der Waals surface area contributed by atoms with Crippen LogP contribution in [0.4, 0.5) is 4.79 Å². The molecule has 0 atom stereocenters. The van der Waals surface area contributed by atoms with E-state index in [0.717, 1.165) is 41.4 Å². The Morgan fingerprint density at radius 3 is 2.00 bits per heavy atom. The van der Waals surface area contributed by atoms with Gasteiger partial charge in [-0.3, -0.25) is 0 Å². The minimum absolute atomic E-state index is 0.311. The fraction of sp³-hybridized carbons (Fsp3) is 0.316. The van der Waals surface area contributed by atoms with Crippen LogP contribution in [0.15, 0.2) is 48.5 Å². The number of benzene rings is 2. The highest BCUT2D eigenvalue weighted by molar-refractivity contribution is 6.12. The van der Waals surface area contributed by atoms with Crippen molar-refractivity contribution >= 4 is 27.9 Å². The maximum absolute atomic E-state index is 12.6. The molecule has 0 aliphatic heterocycles. The summed E-state index contributed by atoms with van der Waals surface area (Å²) in [7, 11) is 0. The summed E-state index contributed by atoms with van der Waals surface area (Å²) in [6.45, 7) is 7.31. The van der Waals surface area contributed by atoms with E-state index in [1.54, 1.807) is 4.57 Å². The molecule has 2 aromatic carbocycles. The van der Waals surface area contributed by atoms with E-state index >= 15 is 0 Å². The monoisotopic (exact) mass is 310 g/mol. The molecule has 0 saturated carbocycles. The molecule has 3 rings (SSSR count). The highest BCUT2D eigenvalue weighted by atomic mass is 16.5. The van der Waals surface area contributed by atoms with E-state index in [9.17, 15) is 4.79 Å². The van der Waals surface area contributed by atoms with Crippen molar-refractivity contribution in [2.24, 2.45) is 0 Å². The van der Waals surface area contributed by atoms with Gasteiger partial charge in [0, 0.05) is 17.3 Å². The number of fused-ring (bicyclic) bond motifs is 3. The highest BCUT2D eigenvalue weighted by Crippen LogP contribution is 2.28. The fourth-order valence-corrected chi connectivity index (χ4v) is 2.99. The lowest BCUT2D eigenvalue weighted by Gasteiger charge is -2.17. The number of nitrogens with zero attached hydrogens (tertiary/aromatic N) is 2. The lowest BCUT2D eigenvalue weighted by atomic mass is 10.2. The van der Waals surface area contributed by atoms with Crippen LogP contribution in [0.1, 0.15) is 13.8 Å². The Hall–Kier alpha value is -2.33. The Labute approximate surface area is 136 Å². The van der Waals surface area contributed by atoms with Crippen molar-refractivity contribution in [3.05, 3.63) is 48.5 Å². The van der Waals surface area contributed by atoms with Gasteiger partial charge in [0.1, 0.15) is 6.61 Å². The fourth-order valence-electron chi connectivity index (χ4n) is 2.99. The first kappa shape index (κ1) is 15.6. The Kier molecular flexibility index (Phi) is 4.63. The molecule has 4 nitrogen and oxygen atoms in total. The molecule has 0 radical (unpaired) electrons. The molecule has 1 aromatic heterocycles. The SMILES string of the molecule is CCN(CC)CCOC(=O)n1c2ccccc2c2ccccc21. The van der Waals surface area contributed by atoms with Crippen molar-refractivity contribution in [1.82, 2.24) is 9.47 Å². The van der Waals surface area contributed by atoms with E-state index in [4.69, 9.17) is 4.74 Å². The van der Waals surface area contributed by atoms with Crippen molar-refractivity contribution in [3.63, 3.8) is 0 Å². The molecule has 4 heteroatoms. The van der Waals surface area contributed by atoms with Gasteiger partial charge in [0.25, 0.3) is 0 Å². The molecule has 0 saturated heterocycles. The van der Waals surface area contributed by atoms with Gasteiger partial charge in [-0.25, -0.2) is 9.36 Å². The number of likely N-dealkylation sites (N-methyl/N-ethyl adjacent to an activating group) is 1. The molecule has 0 amide bonds. The summed E-state index contributed by atoms with van der Waals surface area (Å²) in [5.74, 6) is 0. The molecule has 23 heavy (non-hydrogen) atoms. The van der Waals surface area contributed by atoms with E-state index in [1.807, 2.05) is 48.5 Å². The smallest absolute Gasteiger partial charge is 0.419 e. The molecule has 0 aliphatic carbocycles. The van der Waals surface area contributed by atoms with Crippen molar-refractivity contribution in [2.45, 2.75) is 13.8 Å². The van der Waals surface area contributed by atoms with Crippen LogP contribution >= 0.6 is 0 Å². The second-order valence-corrected chi connectivity index (χ2v) is 5.51. The lowest BCUT2D eigenvalue weighted by molar-refractivity contribution is 0.132. The van der Waals surface area contributed by atoms with Crippen molar-refractivity contribution < 1.29 is 9.53 Å². The van der Waals surface area contributed by atoms with Crippen LogP contribution in [0.5, 0.6) is 0 Å². The van der Waals surface area contributed by atoms with E-state index in [1.165, 1.54) is 0 Å². The third kappa shape index (κ3) is 2.94. The average Bonchev–Trinajstić information content (AvgIpc) is 2.93. The lowest BCUT2D eigenvalue weighted by Crippen LogP contribution is -2.28. The Morgan fingerprint density at radius 2 is 1.48 bits per heavy atom. The van der Waals surface area contributed by atoms with E-state index in [2.05, 4.69) is 18.7 Å². The molecule has 0 unspecified atom stereocenters. The first-order valence-corrected chi connectivity index (χ1v) is 8.14. The summed E-state index contributed by atoms with van der Waals surface area (Å²) in [5, 5.41) is 2.15. The molecular formula is C19H22N2O2. The number of ether oxygens (including phenoxy) is 1. The summed E-state index contributed by atoms with van der Waals surface area (Å²) in [5.41, 5.74) is 1.78. The molecule has 1 heterocycles. The van der Waals surface area contributed by atoms with E-state index in [0.29, 0.717) is 6.61 Å². The van der Waals surface area contributed by atoms with Gasteiger partial charge in [-0.15, -0.1) is 0 Å². The molecule has 0 bridgehead atoms. The number of hydrogen-bond acceptors (Lipinski definition) is 3. The zero-order chi connectivity index (χ0) is 16.2. The normalized spacial score (nSPS) is 11.4. The van der Waals surface area contributed by atoms with Gasteiger partial charge in [0.15, 0.2) is 0 Å². The third-order valence-corrected chi connectivity index (χ3v) is 4.29. The first-order valence-electron chi connectivity index (χ1n) is 8.14. The van der Waals surface area contributed by atoms with Crippen molar-refractivity contribution in [2.75, 3.05) is 26.2 Å². The van der Waals surface area contributed by atoms with Gasteiger partial charge in [-0.1, -0.05) is 50.2 Å². The number of hydrogen-bond donors (Lipinski definition) is 0. The van der Waals surface area contributed by atoms with Crippen molar-refractivity contribution in [1.29, 1.82) is 0 Å². The second-order valence-electron chi connectivity index (χ2n) is 5.51. The van der Waals surface area contributed by atoms with Crippen LogP contribution in [0.25, 0.3) is 21.8 Å². The summed E-state index contributed by atoms with van der Waals surface area (Å²) in [6, 6.07) is 15.9. The topological polar surface area (TPSA) is 34.5 Å². The zero-order valence-electron chi connectivity index (χ0n) is 13.7. The zero-order valence-corrected chi connectivity index (χ0v) is 13.7. The quantitative estimate of drug-likeness (QED) is 0.711. The van der Waals surface area contributed by atoms with Gasteiger partial charge in [-0.2, -0.15) is 0 Å². The second kappa shape index (κ2) is 6.84. The van der Waals surface area contributed by atoms with Gasteiger partial charge >= 0.3 is 6.09 Å². The molecule has 0 fully saturated rings. The predicted octanol–water partition coefficient (Wildman–Crippen LogP) is 4.12. The summed E-state index contributed by atoms with van der Waals surface area (Å²) in [6.07, 6.45) is -0.311. The first-order chi connectivity index (χ1) is 11.3. The highest BCUT2D eigenvalue weighted by Gasteiger charge is 2.16. The van der Waals surface area contributed by atoms with Gasteiger partial charge in [0.05, 0.1) is 11.0 Å². The Morgan fingerprint density at radius 1 is 0.957 bits per heavy atom. The van der Waals surface area contributed by atoms with Gasteiger partial charge in [-0.05, 0) is 25.2 Å². The third-order valence-electron chi connectivity index (χ3n) is 4.29. The minimum Gasteiger partial charge on any atom is -0.448 e. The molecule has 0 aliphatic rings. The summed E-state index contributed by atoms with van der Waals surface area (Å²) < 4.78 is 7.19. The van der Waals surface area contributed by atoms with Crippen LogP contribution in [-0.4, -0.2) is 41.8 Å². The van der Waals surface area contributed by atoms with E-state index < -0.39 is 0 Å².